The Balaban J connectivity index is 2.41. The third-order valence-corrected chi connectivity index (χ3v) is 1.87. The number of carbonyl (C=O) groups excluding carboxylic acids is 1. The highest BCUT2D eigenvalue weighted by atomic mass is 16.3. The molecule has 4 heteroatoms. The Morgan fingerprint density at radius 3 is 2.53 bits per heavy atom. The van der Waals surface area contributed by atoms with Crippen LogP contribution in [0.25, 0.3) is 0 Å². The molecule has 1 atom stereocenters. The maximum Gasteiger partial charge on any atom is 0.319 e. The maximum absolute atomic E-state index is 11.3. The second-order valence-electron chi connectivity index (χ2n) is 3.55. The zero-order valence-corrected chi connectivity index (χ0v) is 8.95. The number of carbonyl (C=O) groups is 1. The van der Waals surface area contributed by atoms with E-state index in [2.05, 4.69) is 10.6 Å². The van der Waals surface area contributed by atoms with E-state index >= 15 is 0 Å². The molecule has 4 nitrogen and oxygen atoms in total. The summed E-state index contributed by atoms with van der Waals surface area (Å²) in [6.45, 7) is 3.85. The van der Waals surface area contributed by atoms with Crippen LogP contribution in [0.1, 0.15) is 12.5 Å². The van der Waals surface area contributed by atoms with Gasteiger partial charge in [0.25, 0.3) is 0 Å². The second-order valence-corrected chi connectivity index (χ2v) is 3.55. The van der Waals surface area contributed by atoms with Crippen molar-refractivity contribution in [1.29, 1.82) is 0 Å². The van der Waals surface area contributed by atoms with Gasteiger partial charge in [-0.25, -0.2) is 4.79 Å². The molecule has 0 heterocycles. The van der Waals surface area contributed by atoms with Crippen molar-refractivity contribution < 1.29 is 9.90 Å². The first kappa shape index (κ1) is 11.5. The van der Waals surface area contributed by atoms with E-state index in [0.717, 1.165) is 11.3 Å². The van der Waals surface area contributed by atoms with Gasteiger partial charge in [0.2, 0.25) is 0 Å². The standard InChI is InChI=1S/C11H16N2O2/c1-8-3-5-10(6-4-8)13-11(15)12-7-9(2)14/h3-6,9,14H,7H2,1-2H3,(H2,12,13,15). The summed E-state index contributed by atoms with van der Waals surface area (Å²) in [7, 11) is 0. The number of hydrogen-bond donors (Lipinski definition) is 3. The average molecular weight is 208 g/mol. The van der Waals surface area contributed by atoms with Crippen molar-refractivity contribution in [3.05, 3.63) is 29.8 Å². The van der Waals surface area contributed by atoms with Crippen LogP contribution in [0.5, 0.6) is 0 Å². The van der Waals surface area contributed by atoms with Crippen LogP contribution < -0.4 is 10.6 Å². The van der Waals surface area contributed by atoms with Crippen molar-refractivity contribution >= 4 is 11.7 Å². The van der Waals surface area contributed by atoms with Gasteiger partial charge in [-0.15, -0.1) is 0 Å². The molecule has 0 spiro atoms. The van der Waals surface area contributed by atoms with Crippen LogP contribution >= 0.6 is 0 Å². The zero-order chi connectivity index (χ0) is 11.3. The number of aliphatic hydroxyl groups is 1. The first-order valence-electron chi connectivity index (χ1n) is 4.87. The molecular weight excluding hydrogens is 192 g/mol. The van der Waals surface area contributed by atoms with Gasteiger partial charge in [-0.3, -0.25) is 0 Å². The SMILES string of the molecule is Cc1ccc(NC(=O)NCC(C)O)cc1. The fraction of sp³-hybridized carbons (Fsp3) is 0.364. The lowest BCUT2D eigenvalue weighted by Crippen LogP contribution is -2.34. The quantitative estimate of drug-likeness (QED) is 0.705. The van der Waals surface area contributed by atoms with Gasteiger partial charge in [-0.2, -0.15) is 0 Å². The number of rotatable bonds is 3. The first-order chi connectivity index (χ1) is 7.08. The van der Waals surface area contributed by atoms with Gasteiger partial charge < -0.3 is 15.7 Å². The van der Waals surface area contributed by atoms with Crippen molar-refractivity contribution in [1.82, 2.24) is 5.32 Å². The molecule has 0 aliphatic rings. The Hall–Kier alpha value is -1.55. The minimum atomic E-state index is -0.534. The number of hydrogen-bond acceptors (Lipinski definition) is 2. The largest absolute Gasteiger partial charge is 0.392 e. The predicted octanol–water partition coefficient (Wildman–Crippen LogP) is 1.50. The molecule has 1 unspecified atom stereocenters. The van der Waals surface area contributed by atoms with E-state index in [1.54, 1.807) is 6.92 Å². The van der Waals surface area contributed by atoms with Gasteiger partial charge in [-0.05, 0) is 26.0 Å². The molecule has 2 amide bonds. The lowest BCUT2D eigenvalue weighted by atomic mass is 10.2. The molecule has 0 saturated carbocycles. The highest BCUT2D eigenvalue weighted by molar-refractivity contribution is 5.89. The van der Waals surface area contributed by atoms with Crippen LogP contribution in [0, 0.1) is 6.92 Å². The Labute approximate surface area is 89.3 Å². The summed E-state index contributed by atoms with van der Waals surface area (Å²) < 4.78 is 0. The highest BCUT2D eigenvalue weighted by Gasteiger charge is 2.02. The maximum atomic E-state index is 11.3. The van der Waals surface area contributed by atoms with Gasteiger partial charge in [0.05, 0.1) is 6.10 Å². The Kier molecular flexibility index (Phi) is 4.12. The number of nitrogens with one attached hydrogen (secondary N) is 2. The van der Waals surface area contributed by atoms with E-state index in [1.807, 2.05) is 31.2 Å². The average Bonchev–Trinajstić information content (AvgIpc) is 2.19. The van der Waals surface area contributed by atoms with Crippen LogP contribution in [0.2, 0.25) is 0 Å². The lowest BCUT2D eigenvalue weighted by molar-refractivity contribution is 0.190. The minimum Gasteiger partial charge on any atom is -0.392 e. The number of aryl methyl sites for hydroxylation is 1. The van der Waals surface area contributed by atoms with Crippen molar-refractivity contribution in [2.24, 2.45) is 0 Å². The number of anilines is 1. The van der Waals surface area contributed by atoms with Gasteiger partial charge in [0.1, 0.15) is 0 Å². The molecule has 15 heavy (non-hydrogen) atoms. The molecule has 0 saturated heterocycles. The van der Waals surface area contributed by atoms with Crippen LogP contribution in [-0.4, -0.2) is 23.8 Å². The molecule has 1 aromatic carbocycles. The number of amides is 2. The predicted molar refractivity (Wildman–Crippen MR) is 59.9 cm³/mol. The number of aliphatic hydroxyl groups excluding tert-OH is 1. The van der Waals surface area contributed by atoms with Gasteiger partial charge in [-0.1, -0.05) is 17.7 Å². The molecule has 0 fully saturated rings. The fourth-order valence-electron chi connectivity index (χ4n) is 1.05. The zero-order valence-electron chi connectivity index (χ0n) is 8.95. The van der Waals surface area contributed by atoms with Gasteiger partial charge in [0.15, 0.2) is 0 Å². The van der Waals surface area contributed by atoms with E-state index in [4.69, 9.17) is 5.11 Å². The smallest absolute Gasteiger partial charge is 0.319 e. The normalized spacial score (nSPS) is 11.9. The van der Waals surface area contributed by atoms with Crippen molar-refractivity contribution in [2.75, 3.05) is 11.9 Å². The summed E-state index contributed by atoms with van der Waals surface area (Å²) in [6.07, 6.45) is -0.534. The van der Waals surface area contributed by atoms with Crippen LogP contribution in [0.3, 0.4) is 0 Å². The third-order valence-electron chi connectivity index (χ3n) is 1.87. The summed E-state index contributed by atoms with van der Waals surface area (Å²) in [4.78, 5) is 11.3. The molecule has 1 rings (SSSR count). The van der Waals surface area contributed by atoms with Crippen molar-refractivity contribution in [2.45, 2.75) is 20.0 Å². The molecule has 0 bridgehead atoms. The van der Waals surface area contributed by atoms with Crippen LogP contribution in [0.15, 0.2) is 24.3 Å². The van der Waals surface area contributed by atoms with Gasteiger partial charge in [0, 0.05) is 12.2 Å². The summed E-state index contributed by atoms with van der Waals surface area (Å²) in [5.74, 6) is 0. The fourth-order valence-corrected chi connectivity index (χ4v) is 1.05. The Morgan fingerprint density at radius 1 is 1.40 bits per heavy atom. The van der Waals surface area contributed by atoms with E-state index in [1.165, 1.54) is 0 Å². The number of benzene rings is 1. The highest BCUT2D eigenvalue weighted by Crippen LogP contribution is 2.07. The second kappa shape index (κ2) is 5.36. The Bertz CT molecular complexity index is 320. The Morgan fingerprint density at radius 2 is 2.00 bits per heavy atom. The molecule has 1 aromatic rings. The summed E-state index contributed by atoms with van der Waals surface area (Å²) >= 11 is 0. The molecule has 0 radical (unpaired) electrons. The molecule has 3 N–H and O–H groups in total. The van der Waals surface area contributed by atoms with Crippen LogP contribution in [-0.2, 0) is 0 Å². The minimum absolute atomic E-state index is 0.248. The topological polar surface area (TPSA) is 61.4 Å². The van der Waals surface area contributed by atoms with E-state index in [0.29, 0.717) is 0 Å². The monoisotopic (exact) mass is 208 g/mol. The van der Waals surface area contributed by atoms with Crippen molar-refractivity contribution in [3.8, 4) is 0 Å². The molecule has 82 valence electrons. The summed E-state index contributed by atoms with van der Waals surface area (Å²) in [5.41, 5.74) is 1.88. The first-order valence-corrected chi connectivity index (χ1v) is 4.87. The van der Waals surface area contributed by atoms with E-state index in [-0.39, 0.29) is 12.6 Å². The van der Waals surface area contributed by atoms with Gasteiger partial charge >= 0.3 is 6.03 Å². The molecule has 0 aromatic heterocycles. The summed E-state index contributed by atoms with van der Waals surface area (Å²) in [6, 6.07) is 7.20. The van der Waals surface area contributed by atoms with Crippen LogP contribution in [0.4, 0.5) is 10.5 Å². The van der Waals surface area contributed by atoms with E-state index < -0.39 is 6.10 Å². The number of urea groups is 1. The molecular formula is C11H16N2O2. The van der Waals surface area contributed by atoms with E-state index in [9.17, 15) is 4.79 Å². The molecule has 0 aliphatic heterocycles. The lowest BCUT2D eigenvalue weighted by Gasteiger charge is -2.08. The molecule has 0 aliphatic carbocycles. The van der Waals surface area contributed by atoms with Crippen molar-refractivity contribution in [3.63, 3.8) is 0 Å². The summed E-state index contributed by atoms with van der Waals surface area (Å²) in [5, 5.41) is 14.2. The third kappa shape index (κ3) is 4.46.